The fourth-order valence-corrected chi connectivity index (χ4v) is 2.71. The van der Waals surface area contributed by atoms with Crippen LogP contribution in [-0.2, 0) is 24.1 Å². The van der Waals surface area contributed by atoms with E-state index in [2.05, 4.69) is 10.1 Å². The molecule has 0 bridgehead atoms. The molecule has 3 heterocycles. The van der Waals surface area contributed by atoms with Crippen molar-refractivity contribution in [1.29, 1.82) is 0 Å². The van der Waals surface area contributed by atoms with Gasteiger partial charge in [0.25, 0.3) is 0 Å². The fraction of sp³-hybridized carbons (Fsp3) is 0.500. The number of rotatable bonds is 2. The zero-order valence-electron chi connectivity index (χ0n) is 12.7. The van der Waals surface area contributed by atoms with Gasteiger partial charge in [0.2, 0.25) is 5.91 Å². The molecule has 6 nitrogen and oxygen atoms in total. The second-order valence-electron chi connectivity index (χ2n) is 5.56. The zero-order valence-corrected chi connectivity index (χ0v) is 12.7. The molecule has 1 atom stereocenters. The number of carbonyl (C=O) groups excluding carboxylic acids is 1. The molecule has 23 heavy (non-hydrogen) atoms. The number of imidazole rings is 1. The van der Waals surface area contributed by atoms with E-state index in [0.29, 0.717) is 19.6 Å². The van der Waals surface area contributed by atoms with E-state index in [4.69, 9.17) is 0 Å². The van der Waals surface area contributed by atoms with Gasteiger partial charge in [-0.1, -0.05) is 0 Å². The van der Waals surface area contributed by atoms with Gasteiger partial charge in [-0.2, -0.15) is 18.3 Å². The lowest BCUT2D eigenvalue weighted by Gasteiger charge is -2.30. The average Bonchev–Trinajstić information content (AvgIpc) is 3.12. The molecule has 124 valence electrons. The zero-order chi connectivity index (χ0) is 16.8. The van der Waals surface area contributed by atoms with Crippen LogP contribution < -0.4 is 0 Å². The molecule has 0 aliphatic carbocycles. The van der Waals surface area contributed by atoms with Gasteiger partial charge in [0, 0.05) is 19.3 Å². The minimum Gasteiger partial charge on any atom is -0.333 e. The van der Waals surface area contributed by atoms with E-state index in [1.807, 2.05) is 11.5 Å². The van der Waals surface area contributed by atoms with Crippen LogP contribution in [0.25, 0.3) is 0 Å². The van der Waals surface area contributed by atoms with E-state index >= 15 is 0 Å². The van der Waals surface area contributed by atoms with Gasteiger partial charge < -0.3 is 9.47 Å². The lowest BCUT2D eigenvalue weighted by atomic mass is 10.2. The van der Waals surface area contributed by atoms with Crippen LogP contribution in [0.2, 0.25) is 0 Å². The summed E-state index contributed by atoms with van der Waals surface area (Å²) in [6.07, 6.45) is -1.61. The first-order chi connectivity index (χ1) is 10.8. The molecule has 0 saturated carbocycles. The normalized spacial score (nSPS) is 16.3. The molecule has 2 aromatic rings. The molecule has 3 rings (SSSR count). The summed E-state index contributed by atoms with van der Waals surface area (Å²) in [6.45, 7) is 4.98. The van der Waals surface area contributed by atoms with Crippen molar-refractivity contribution in [2.75, 3.05) is 6.54 Å². The minimum atomic E-state index is -4.51. The molecule has 2 aromatic heterocycles. The topological polar surface area (TPSA) is 56.0 Å². The predicted octanol–water partition coefficient (Wildman–Crippen LogP) is 2.01. The highest BCUT2D eigenvalue weighted by molar-refractivity contribution is 5.80. The van der Waals surface area contributed by atoms with Gasteiger partial charge in [0.15, 0.2) is 5.69 Å². The number of aromatic nitrogens is 4. The summed E-state index contributed by atoms with van der Waals surface area (Å²) in [5.74, 6) is 0.633. The van der Waals surface area contributed by atoms with Crippen LogP contribution in [0.1, 0.15) is 30.2 Å². The molecule has 0 spiro atoms. The molecule has 1 aliphatic rings. The Labute approximate surface area is 130 Å². The van der Waals surface area contributed by atoms with Crippen LogP contribution in [0.3, 0.4) is 0 Å². The number of amides is 1. The number of aryl methyl sites for hydroxylation is 1. The number of carbonyl (C=O) groups is 1. The van der Waals surface area contributed by atoms with Gasteiger partial charge >= 0.3 is 6.18 Å². The molecule has 0 saturated heterocycles. The van der Waals surface area contributed by atoms with Crippen molar-refractivity contribution in [2.24, 2.45) is 0 Å². The quantitative estimate of drug-likeness (QED) is 0.848. The maximum atomic E-state index is 12.6. The standard InChI is InChI=1S/C14H16F3N5O/c1-9(22-4-3-12(19-22)14(15,16)17)13(23)20-5-6-21-10(2)18-7-11(21)8-20/h3-4,7,9H,5-6,8H2,1-2H3. The highest BCUT2D eigenvalue weighted by Crippen LogP contribution is 2.28. The van der Waals surface area contributed by atoms with Crippen molar-refractivity contribution in [1.82, 2.24) is 24.2 Å². The molecule has 1 aliphatic heterocycles. The molecular weight excluding hydrogens is 311 g/mol. The summed E-state index contributed by atoms with van der Waals surface area (Å²) in [4.78, 5) is 18.4. The van der Waals surface area contributed by atoms with E-state index < -0.39 is 17.9 Å². The van der Waals surface area contributed by atoms with Crippen LogP contribution in [0.5, 0.6) is 0 Å². The third-order valence-electron chi connectivity index (χ3n) is 4.05. The SMILES string of the molecule is Cc1ncc2n1CCN(C(=O)C(C)n1ccc(C(F)(F)F)n1)C2. The molecule has 0 N–H and O–H groups in total. The molecule has 0 aromatic carbocycles. The van der Waals surface area contributed by atoms with Crippen molar-refractivity contribution in [2.45, 2.75) is 39.2 Å². The minimum absolute atomic E-state index is 0.257. The monoisotopic (exact) mass is 327 g/mol. The number of hydrogen-bond donors (Lipinski definition) is 0. The van der Waals surface area contributed by atoms with Gasteiger partial charge in [-0.15, -0.1) is 0 Å². The summed E-state index contributed by atoms with van der Waals surface area (Å²) in [5.41, 5.74) is -0.0739. The Bertz CT molecular complexity index is 733. The van der Waals surface area contributed by atoms with Crippen LogP contribution in [-0.4, -0.2) is 36.7 Å². The predicted molar refractivity (Wildman–Crippen MR) is 74.3 cm³/mol. The van der Waals surface area contributed by atoms with Gasteiger partial charge in [-0.3, -0.25) is 9.48 Å². The second-order valence-corrected chi connectivity index (χ2v) is 5.56. The maximum absolute atomic E-state index is 12.6. The molecular formula is C14H16F3N5O. The number of halogens is 3. The van der Waals surface area contributed by atoms with Crippen molar-refractivity contribution in [3.05, 3.63) is 35.7 Å². The van der Waals surface area contributed by atoms with Gasteiger partial charge in [-0.25, -0.2) is 4.98 Å². The molecule has 1 unspecified atom stereocenters. The number of hydrogen-bond acceptors (Lipinski definition) is 3. The maximum Gasteiger partial charge on any atom is 0.435 e. The molecule has 1 amide bonds. The van der Waals surface area contributed by atoms with E-state index in [0.717, 1.165) is 22.3 Å². The Morgan fingerprint density at radius 2 is 2.09 bits per heavy atom. The van der Waals surface area contributed by atoms with E-state index in [9.17, 15) is 18.0 Å². The van der Waals surface area contributed by atoms with Crippen LogP contribution >= 0.6 is 0 Å². The Morgan fingerprint density at radius 1 is 1.35 bits per heavy atom. The largest absolute Gasteiger partial charge is 0.435 e. The Morgan fingerprint density at radius 3 is 2.74 bits per heavy atom. The highest BCUT2D eigenvalue weighted by Gasteiger charge is 2.35. The highest BCUT2D eigenvalue weighted by atomic mass is 19.4. The number of fused-ring (bicyclic) bond motifs is 1. The second kappa shape index (κ2) is 5.39. The first-order valence-electron chi connectivity index (χ1n) is 7.19. The van der Waals surface area contributed by atoms with Gasteiger partial charge in [0.05, 0.1) is 18.4 Å². The molecule has 9 heteroatoms. The average molecular weight is 327 g/mol. The fourth-order valence-electron chi connectivity index (χ4n) is 2.71. The first-order valence-corrected chi connectivity index (χ1v) is 7.19. The van der Waals surface area contributed by atoms with E-state index in [-0.39, 0.29) is 5.91 Å². The Balaban J connectivity index is 1.74. The smallest absolute Gasteiger partial charge is 0.333 e. The first kappa shape index (κ1) is 15.6. The van der Waals surface area contributed by atoms with E-state index in [1.54, 1.807) is 18.0 Å². The van der Waals surface area contributed by atoms with Crippen LogP contribution in [0.4, 0.5) is 13.2 Å². The summed E-state index contributed by atoms with van der Waals surface area (Å²) in [7, 11) is 0. The Hall–Kier alpha value is -2.32. The molecule has 0 radical (unpaired) electrons. The van der Waals surface area contributed by atoms with E-state index in [1.165, 1.54) is 6.20 Å². The summed E-state index contributed by atoms with van der Waals surface area (Å²) < 4.78 is 40.9. The summed E-state index contributed by atoms with van der Waals surface area (Å²) in [6, 6.07) is 0.0833. The Kier molecular flexibility index (Phi) is 3.65. The summed E-state index contributed by atoms with van der Waals surface area (Å²) in [5, 5.41) is 3.47. The van der Waals surface area contributed by atoms with Crippen molar-refractivity contribution in [3.8, 4) is 0 Å². The van der Waals surface area contributed by atoms with Crippen LogP contribution in [0, 0.1) is 6.92 Å². The molecule has 0 fully saturated rings. The third kappa shape index (κ3) is 2.82. The number of alkyl halides is 3. The third-order valence-corrected chi connectivity index (χ3v) is 4.05. The van der Waals surface area contributed by atoms with Gasteiger partial charge in [-0.05, 0) is 19.9 Å². The van der Waals surface area contributed by atoms with Crippen LogP contribution in [0.15, 0.2) is 18.5 Å². The number of nitrogens with zero attached hydrogens (tertiary/aromatic N) is 5. The van der Waals surface area contributed by atoms with Crippen molar-refractivity contribution >= 4 is 5.91 Å². The van der Waals surface area contributed by atoms with Crippen molar-refractivity contribution < 1.29 is 18.0 Å². The van der Waals surface area contributed by atoms with Crippen molar-refractivity contribution in [3.63, 3.8) is 0 Å². The summed E-state index contributed by atoms with van der Waals surface area (Å²) >= 11 is 0. The lowest BCUT2D eigenvalue weighted by molar-refractivity contribution is -0.142. The van der Waals surface area contributed by atoms with Gasteiger partial charge in [0.1, 0.15) is 11.9 Å². The lowest BCUT2D eigenvalue weighted by Crippen LogP contribution is -2.41.